The van der Waals surface area contributed by atoms with Gasteiger partial charge >= 0.3 is 17.9 Å². The molecule has 1 unspecified atom stereocenters. The van der Waals surface area contributed by atoms with Crippen LogP contribution in [0.15, 0.2) is 72.9 Å². The summed E-state index contributed by atoms with van der Waals surface area (Å²) in [6, 6.07) is 0. The third-order valence-electron chi connectivity index (χ3n) is 11.7. The topological polar surface area (TPSA) is 78.9 Å². The van der Waals surface area contributed by atoms with E-state index in [-0.39, 0.29) is 37.5 Å². The maximum absolute atomic E-state index is 12.8. The van der Waals surface area contributed by atoms with Crippen LogP contribution in [0.3, 0.4) is 0 Å². The van der Waals surface area contributed by atoms with Crippen molar-refractivity contribution in [2.45, 2.75) is 271 Å². The molecule has 0 radical (unpaired) electrons. The van der Waals surface area contributed by atoms with Crippen LogP contribution in [0.1, 0.15) is 265 Å². The van der Waals surface area contributed by atoms with Crippen LogP contribution in [0.5, 0.6) is 0 Å². The van der Waals surface area contributed by atoms with Crippen LogP contribution in [0.25, 0.3) is 0 Å². The van der Waals surface area contributed by atoms with Crippen molar-refractivity contribution >= 4 is 17.9 Å². The Morgan fingerprint density at radius 3 is 1.00 bits per heavy atom. The van der Waals surface area contributed by atoms with E-state index in [1.165, 1.54) is 141 Å². The first-order valence-corrected chi connectivity index (χ1v) is 27.4. The van der Waals surface area contributed by atoms with Crippen LogP contribution < -0.4 is 0 Å². The predicted molar refractivity (Wildman–Crippen MR) is 279 cm³/mol. The summed E-state index contributed by atoms with van der Waals surface area (Å²) in [6.07, 6.45) is 67.6. The van der Waals surface area contributed by atoms with Gasteiger partial charge in [0.25, 0.3) is 0 Å². The molecular formula is C59H102O6. The number of carbonyl (C=O) groups is 3. The number of unbranched alkanes of at least 4 members (excludes halogenated alkanes) is 26. The highest BCUT2D eigenvalue weighted by Crippen LogP contribution is 2.15. The molecule has 0 spiro atoms. The number of allylic oxidation sites excluding steroid dienone is 12. The lowest BCUT2D eigenvalue weighted by molar-refractivity contribution is -0.167. The van der Waals surface area contributed by atoms with Crippen LogP contribution in [-0.2, 0) is 28.6 Å². The van der Waals surface area contributed by atoms with Gasteiger partial charge in [0, 0.05) is 19.3 Å². The molecule has 0 amide bonds. The van der Waals surface area contributed by atoms with E-state index >= 15 is 0 Å². The summed E-state index contributed by atoms with van der Waals surface area (Å²) in [5.41, 5.74) is 0. The van der Waals surface area contributed by atoms with E-state index in [1.54, 1.807) is 0 Å². The number of ether oxygens (including phenoxy) is 3. The molecule has 0 rings (SSSR count). The molecule has 0 bridgehead atoms. The van der Waals surface area contributed by atoms with Crippen LogP contribution in [-0.4, -0.2) is 37.2 Å². The van der Waals surface area contributed by atoms with Crippen LogP contribution in [0.2, 0.25) is 0 Å². The van der Waals surface area contributed by atoms with E-state index in [1.807, 2.05) is 0 Å². The van der Waals surface area contributed by atoms with Crippen molar-refractivity contribution in [2.24, 2.45) is 0 Å². The summed E-state index contributed by atoms with van der Waals surface area (Å²) in [7, 11) is 0. The molecule has 0 aliphatic heterocycles. The van der Waals surface area contributed by atoms with Gasteiger partial charge in [0.1, 0.15) is 13.2 Å². The Morgan fingerprint density at radius 2 is 0.615 bits per heavy atom. The van der Waals surface area contributed by atoms with Gasteiger partial charge in [-0.15, -0.1) is 0 Å². The molecule has 0 fully saturated rings. The van der Waals surface area contributed by atoms with Gasteiger partial charge in [-0.2, -0.15) is 0 Å². The summed E-state index contributed by atoms with van der Waals surface area (Å²) in [6.45, 7) is 6.47. The van der Waals surface area contributed by atoms with Crippen molar-refractivity contribution in [3.05, 3.63) is 72.9 Å². The van der Waals surface area contributed by atoms with Gasteiger partial charge in [-0.05, 0) is 83.5 Å². The van der Waals surface area contributed by atoms with Gasteiger partial charge in [-0.1, -0.05) is 235 Å². The minimum Gasteiger partial charge on any atom is -0.462 e. The van der Waals surface area contributed by atoms with Gasteiger partial charge in [0.2, 0.25) is 0 Å². The second-order valence-corrected chi connectivity index (χ2v) is 18.1. The standard InChI is InChI=1S/C59H102O6/c1-4-7-10-13-16-19-21-23-25-27-28-29-30-32-33-35-37-40-43-46-49-52-58(61)64-55-56(54-63-57(60)51-48-45-42-39-18-15-12-9-6-3)65-59(62)53-50-47-44-41-38-36-34-31-26-24-22-20-17-14-11-8-5-2/h8,11,17,20,24,26-28,34,36,41,44,56H,4-7,9-10,12-16,18-19,21-23,25,29-33,35,37-40,42-43,45-55H2,1-3H3/b11-8-,20-17-,26-24-,28-27-,36-34-,44-41-. The molecule has 0 N–H and O–H groups in total. The van der Waals surface area contributed by atoms with Crippen molar-refractivity contribution in [3.8, 4) is 0 Å². The van der Waals surface area contributed by atoms with E-state index in [0.717, 1.165) is 77.0 Å². The molecule has 0 saturated heterocycles. The first-order valence-electron chi connectivity index (χ1n) is 27.4. The van der Waals surface area contributed by atoms with Crippen LogP contribution in [0.4, 0.5) is 0 Å². The third kappa shape index (κ3) is 51.7. The van der Waals surface area contributed by atoms with Gasteiger partial charge < -0.3 is 14.2 Å². The van der Waals surface area contributed by atoms with Crippen LogP contribution >= 0.6 is 0 Å². The Balaban J connectivity index is 4.35. The Hall–Kier alpha value is -3.15. The summed E-state index contributed by atoms with van der Waals surface area (Å²) < 4.78 is 16.7. The lowest BCUT2D eigenvalue weighted by Gasteiger charge is -2.18. The maximum Gasteiger partial charge on any atom is 0.306 e. The molecule has 65 heavy (non-hydrogen) atoms. The highest BCUT2D eigenvalue weighted by Gasteiger charge is 2.19. The smallest absolute Gasteiger partial charge is 0.306 e. The molecule has 0 saturated carbocycles. The second-order valence-electron chi connectivity index (χ2n) is 18.1. The minimum absolute atomic E-state index is 0.0971. The van der Waals surface area contributed by atoms with E-state index in [0.29, 0.717) is 19.3 Å². The molecule has 1 atom stereocenters. The van der Waals surface area contributed by atoms with E-state index in [9.17, 15) is 14.4 Å². The predicted octanol–water partition coefficient (Wildman–Crippen LogP) is 18.2. The molecule has 0 aromatic rings. The minimum atomic E-state index is -0.803. The van der Waals surface area contributed by atoms with Gasteiger partial charge in [0.15, 0.2) is 6.10 Å². The maximum atomic E-state index is 12.8. The molecule has 6 heteroatoms. The molecule has 0 aromatic heterocycles. The summed E-state index contributed by atoms with van der Waals surface area (Å²) in [5.74, 6) is -0.956. The molecule has 0 heterocycles. The fourth-order valence-corrected chi connectivity index (χ4v) is 7.59. The Kier molecular flexibility index (Phi) is 50.9. The van der Waals surface area contributed by atoms with Crippen molar-refractivity contribution < 1.29 is 28.6 Å². The van der Waals surface area contributed by atoms with Gasteiger partial charge in [-0.25, -0.2) is 0 Å². The zero-order chi connectivity index (χ0) is 47.2. The summed E-state index contributed by atoms with van der Waals surface area (Å²) >= 11 is 0. The molecule has 0 aliphatic carbocycles. The second kappa shape index (κ2) is 53.5. The monoisotopic (exact) mass is 907 g/mol. The number of esters is 3. The number of hydrogen-bond donors (Lipinski definition) is 0. The first-order chi connectivity index (χ1) is 32.0. The average molecular weight is 907 g/mol. The lowest BCUT2D eigenvalue weighted by atomic mass is 10.1. The van der Waals surface area contributed by atoms with Gasteiger partial charge in [-0.3, -0.25) is 14.4 Å². The van der Waals surface area contributed by atoms with Crippen LogP contribution in [0, 0.1) is 0 Å². The van der Waals surface area contributed by atoms with Crippen molar-refractivity contribution in [1.82, 2.24) is 0 Å². The molecule has 6 nitrogen and oxygen atoms in total. The number of carbonyl (C=O) groups excluding carboxylic acids is 3. The van der Waals surface area contributed by atoms with E-state index in [4.69, 9.17) is 14.2 Å². The highest BCUT2D eigenvalue weighted by atomic mass is 16.6. The fraction of sp³-hybridized carbons (Fsp3) is 0.746. The van der Waals surface area contributed by atoms with E-state index in [2.05, 4.69) is 93.7 Å². The largest absolute Gasteiger partial charge is 0.462 e. The molecule has 0 aromatic carbocycles. The fourth-order valence-electron chi connectivity index (χ4n) is 7.59. The summed E-state index contributed by atoms with van der Waals surface area (Å²) in [5, 5.41) is 0. The zero-order valence-corrected chi connectivity index (χ0v) is 42.7. The highest BCUT2D eigenvalue weighted by molar-refractivity contribution is 5.71. The Bertz CT molecular complexity index is 1230. The summed E-state index contributed by atoms with van der Waals surface area (Å²) in [4.78, 5) is 37.9. The molecule has 0 aliphatic rings. The Labute approximate surface area is 402 Å². The van der Waals surface area contributed by atoms with E-state index < -0.39 is 6.10 Å². The van der Waals surface area contributed by atoms with Crippen molar-refractivity contribution in [3.63, 3.8) is 0 Å². The van der Waals surface area contributed by atoms with Gasteiger partial charge in [0.05, 0.1) is 0 Å². The molecular weight excluding hydrogens is 805 g/mol. The quantitative estimate of drug-likeness (QED) is 0.0262. The number of rotatable bonds is 49. The third-order valence-corrected chi connectivity index (χ3v) is 11.7. The lowest BCUT2D eigenvalue weighted by Crippen LogP contribution is -2.30. The number of hydrogen-bond acceptors (Lipinski definition) is 6. The molecule has 374 valence electrons. The van der Waals surface area contributed by atoms with Crippen molar-refractivity contribution in [1.29, 1.82) is 0 Å². The average Bonchev–Trinajstić information content (AvgIpc) is 3.30. The SMILES string of the molecule is CC/C=C\C/C=C\C/C=C\C/C=C\C/C=C\CCCC(=O)OC(COC(=O)CCCCCCCCCCC)COC(=O)CCCCCCCCCCC/C=C\CCCCCCCCCC. The van der Waals surface area contributed by atoms with Crippen molar-refractivity contribution in [2.75, 3.05) is 13.2 Å². The zero-order valence-electron chi connectivity index (χ0n) is 42.7. The first kappa shape index (κ1) is 61.9. The normalized spacial score (nSPS) is 12.6. The Morgan fingerprint density at radius 1 is 0.323 bits per heavy atom.